The van der Waals surface area contributed by atoms with Gasteiger partial charge in [0, 0.05) is 12.0 Å². The molecule has 0 radical (unpaired) electrons. The van der Waals surface area contributed by atoms with E-state index in [1.165, 1.54) is 0 Å². The Kier molecular flexibility index (Phi) is 2.93. The van der Waals surface area contributed by atoms with Crippen LogP contribution in [0.1, 0.15) is 60.3 Å². The zero-order valence-electron chi connectivity index (χ0n) is 11.9. The van der Waals surface area contributed by atoms with Gasteiger partial charge in [-0.3, -0.25) is 4.79 Å². The quantitative estimate of drug-likeness (QED) is 0.698. The number of hydrogen-bond acceptors (Lipinski definition) is 2. The maximum atomic E-state index is 12.0. The summed E-state index contributed by atoms with van der Waals surface area (Å²) < 4.78 is 6.14. The summed E-state index contributed by atoms with van der Waals surface area (Å²) in [7, 11) is 0. The highest BCUT2D eigenvalue weighted by Crippen LogP contribution is 2.57. The Balaban J connectivity index is 2.33. The monoisotopic (exact) mass is 238 g/mol. The molecule has 2 heteroatoms. The van der Waals surface area contributed by atoms with Gasteiger partial charge in [0.1, 0.15) is 5.78 Å². The van der Waals surface area contributed by atoms with Gasteiger partial charge in [0.2, 0.25) is 0 Å². The number of rotatable bonds is 1. The van der Waals surface area contributed by atoms with Gasteiger partial charge in [-0.25, -0.2) is 0 Å². The fourth-order valence-corrected chi connectivity index (χ4v) is 3.72. The lowest BCUT2D eigenvalue weighted by atomic mass is 9.55. The van der Waals surface area contributed by atoms with Crippen molar-refractivity contribution in [2.24, 2.45) is 16.7 Å². The highest BCUT2D eigenvalue weighted by molar-refractivity contribution is 5.82. The van der Waals surface area contributed by atoms with Gasteiger partial charge >= 0.3 is 0 Å². The molecule has 0 bridgehead atoms. The third-order valence-corrected chi connectivity index (χ3v) is 5.86. The van der Waals surface area contributed by atoms with E-state index in [4.69, 9.17) is 4.74 Å². The number of Topliss-reactive ketones (excluding diaryl/α,β-unsaturated/α-hetero) is 1. The van der Waals surface area contributed by atoms with Gasteiger partial charge in [-0.15, -0.1) is 0 Å². The van der Waals surface area contributed by atoms with Crippen LogP contribution in [0.4, 0.5) is 0 Å². The first-order valence-electron chi connectivity index (χ1n) is 6.89. The third-order valence-electron chi connectivity index (χ3n) is 5.86. The molecule has 0 aromatic heterocycles. The minimum absolute atomic E-state index is 0.0556. The van der Waals surface area contributed by atoms with Crippen molar-refractivity contribution in [2.75, 3.05) is 6.61 Å². The average molecular weight is 238 g/mol. The molecule has 0 aromatic rings. The number of hydrogen-bond donors (Lipinski definition) is 0. The summed E-state index contributed by atoms with van der Waals surface area (Å²) in [6.45, 7) is 11.6. The normalized spacial score (nSPS) is 45.1. The summed E-state index contributed by atoms with van der Waals surface area (Å²) in [5.74, 6) is 0.806. The summed E-state index contributed by atoms with van der Waals surface area (Å²) >= 11 is 0. The largest absolute Gasteiger partial charge is 0.374 e. The molecule has 3 atom stereocenters. The molecule has 1 aliphatic heterocycles. The average Bonchev–Trinajstić information content (AvgIpc) is 2.49. The van der Waals surface area contributed by atoms with Crippen LogP contribution in [0.5, 0.6) is 0 Å². The Morgan fingerprint density at radius 1 is 1.24 bits per heavy atom. The Morgan fingerprint density at radius 3 is 2.35 bits per heavy atom. The first-order chi connectivity index (χ1) is 7.74. The van der Waals surface area contributed by atoms with Crippen molar-refractivity contribution in [2.45, 2.75) is 65.9 Å². The highest BCUT2D eigenvalue weighted by atomic mass is 16.5. The van der Waals surface area contributed by atoms with E-state index in [9.17, 15) is 4.79 Å². The molecule has 2 aliphatic rings. The summed E-state index contributed by atoms with van der Waals surface area (Å²) in [5.41, 5.74) is -0.0381. The molecule has 0 aromatic carbocycles. The lowest BCUT2D eigenvalue weighted by Crippen LogP contribution is -2.53. The van der Waals surface area contributed by atoms with Gasteiger partial charge in [-0.1, -0.05) is 27.7 Å². The molecule has 2 fully saturated rings. The minimum atomic E-state index is -0.195. The van der Waals surface area contributed by atoms with Crippen molar-refractivity contribution in [1.82, 2.24) is 0 Å². The molecule has 1 saturated heterocycles. The lowest BCUT2D eigenvalue weighted by Gasteiger charge is -2.51. The number of carbonyl (C=O) groups excluding carboxylic acids is 1. The molecule has 0 N–H and O–H groups in total. The van der Waals surface area contributed by atoms with E-state index >= 15 is 0 Å². The molecular formula is C15H26O2. The van der Waals surface area contributed by atoms with Crippen LogP contribution in [0.3, 0.4) is 0 Å². The number of ketones is 1. The standard InChI is InChI=1S/C15H26O2/c1-11-6-7-15(10-14(11,5)12(2)16)13(3,4)8-9-17-15/h11H,6-10H2,1-5H3/t11-,14-,15+/m0/s1. The highest BCUT2D eigenvalue weighted by Gasteiger charge is 2.57. The van der Waals surface area contributed by atoms with Gasteiger partial charge in [0.25, 0.3) is 0 Å². The first kappa shape index (κ1) is 13.1. The summed E-state index contributed by atoms with van der Waals surface area (Å²) in [6.07, 6.45) is 4.25. The fourth-order valence-electron chi connectivity index (χ4n) is 3.72. The zero-order valence-corrected chi connectivity index (χ0v) is 11.9. The second kappa shape index (κ2) is 3.81. The van der Waals surface area contributed by atoms with E-state index in [1.807, 2.05) is 0 Å². The van der Waals surface area contributed by atoms with Crippen LogP contribution in [-0.4, -0.2) is 18.0 Å². The third kappa shape index (κ3) is 1.76. The Morgan fingerprint density at radius 2 is 1.88 bits per heavy atom. The van der Waals surface area contributed by atoms with Crippen LogP contribution in [0.15, 0.2) is 0 Å². The van der Waals surface area contributed by atoms with Crippen LogP contribution in [0.2, 0.25) is 0 Å². The Hall–Kier alpha value is -0.370. The predicted molar refractivity (Wildman–Crippen MR) is 68.9 cm³/mol. The van der Waals surface area contributed by atoms with E-state index in [0.717, 1.165) is 32.3 Å². The van der Waals surface area contributed by atoms with Gasteiger partial charge in [0.05, 0.1) is 5.60 Å². The van der Waals surface area contributed by atoms with Gasteiger partial charge < -0.3 is 4.74 Å². The fraction of sp³-hybridized carbons (Fsp3) is 0.933. The van der Waals surface area contributed by atoms with E-state index < -0.39 is 0 Å². The molecule has 1 heterocycles. The molecule has 0 unspecified atom stereocenters. The molecule has 0 amide bonds. The predicted octanol–water partition coefficient (Wildman–Crippen LogP) is 3.59. The van der Waals surface area contributed by atoms with Gasteiger partial charge in [-0.05, 0) is 43.9 Å². The maximum Gasteiger partial charge on any atom is 0.136 e. The van der Waals surface area contributed by atoms with Crippen molar-refractivity contribution in [3.8, 4) is 0 Å². The van der Waals surface area contributed by atoms with Gasteiger partial charge in [0.15, 0.2) is 0 Å². The SMILES string of the molecule is CC(=O)[C@@]1(C)C[C@@]2(CC[C@@H]1C)OCCC2(C)C. The van der Waals surface area contributed by atoms with Crippen molar-refractivity contribution in [1.29, 1.82) is 0 Å². The van der Waals surface area contributed by atoms with Crippen LogP contribution in [0.25, 0.3) is 0 Å². The molecule has 17 heavy (non-hydrogen) atoms. The molecule has 1 spiro atoms. The molecular weight excluding hydrogens is 212 g/mol. The molecule has 1 saturated carbocycles. The zero-order chi connectivity index (χ0) is 12.9. The Bertz CT molecular complexity index is 334. The molecule has 1 aliphatic carbocycles. The van der Waals surface area contributed by atoms with Gasteiger partial charge in [-0.2, -0.15) is 0 Å². The van der Waals surface area contributed by atoms with E-state index in [-0.39, 0.29) is 16.4 Å². The second-order valence-electron chi connectivity index (χ2n) is 7.07. The van der Waals surface area contributed by atoms with Crippen molar-refractivity contribution in [3.05, 3.63) is 0 Å². The van der Waals surface area contributed by atoms with Crippen LogP contribution >= 0.6 is 0 Å². The molecule has 2 nitrogen and oxygen atoms in total. The van der Waals surface area contributed by atoms with E-state index in [1.54, 1.807) is 6.92 Å². The van der Waals surface area contributed by atoms with Crippen LogP contribution in [-0.2, 0) is 9.53 Å². The molecule has 98 valence electrons. The van der Waals surface area contributed by atoms with E-state index in [2.05, 4.69) is 27.7 Å². The van der Waals surface area contributed by atoms with Crippen molar-refractivity contribution < 1.29 is 9.53 Å². The Labute approximate surface area is 105 Å². The second-order valence-corrected chi connectivity index (χ2v) is 7.07. The van der Waals surface area contributed by atoms with Crippen molar-refractivity contribution in [3.63, 3.8) is 0 Å². The summed E-state index contributed by atoms with van der Waals surface area (Å²) in [5, 5.41) is 0. The maximum absolute atomic E-state index is 12.0. The van der Waals surface area contributed by atoms with Crippen LogP contribution in [0, 0.1) is 16.7 Å². The lowest BCUT2D eigenvalue weighted by molar-refractivity contribution is -0.151. The number of ether oxygens (including phenoxy) is 1. The van der Waals surface area contributed by atoms with E-state index in [0.29, 0.717) is 11.7 Å². The van der Waals surface area contributed by atoms with Crippen molar-refractivity contribution >= 4 is 5.78 Å². The summed E-state index contributed by atoms with van der Waals surface area (Å²) in [6, 6.07) is 0. The molecule has 2 rings (SSSR count). The number of carbonyl (C=O) groups is 1. The topological polar surface area (TPSA) is 26.3 Å². The summed E-state index contributed by atoms with van der Waals surface area (Å²) in [4.78, 5) is 12.0. The first-order valence-corrected chi connectivity index (χ1v) is 6.89. The smallest absolute Gasteiger partial charge is 0.136 e. The van der Waals surface area contributed by atoms with Crippen LogP contribution < -0.4 is 0 Å². The minimum Gasteiger partial charge on any atom is -0.374 e.